The largest absolute Gasteiger partial charge is 0.293 e. The molecule has 1 aliphatic heterocycles. The fourth-order valence-corrected chi connectivity index (χ4v) is 10.9. The predicted octanol–water partition coefficient (Wildman–Crippen LogP) is 5.57. The van der Waals surface area contributed by atoms with Gasteiger partial charge in [-0.15, -0.1) is 11.3 Å². The third kappa shape index (κ3) is 4.18. The minimum Gasteiger partial charge on any atom is -0.293 e. The van der Waals surface area contributed by atoms with E-state index < -0.39 is 18.1 Å². The maximum atomic E-state index is 13.8. The van der Waals surface area contributed by atoms with Gasteiger partial charge in [0.2, 0.25) is 10.0 Å². The lowest BCUT2D eigenvalue weighted by molar-refractivity contribution is -0.115. The summed E-state index contributed by atoms with van der Waals surface area (Å²) in [5, 5.41) is 4.56. The molecule has 0 amide bonds. The van der Waals surface area contributed by atoms with Crippen molar-refractivity contribution in [3.63, 3.8) is 0 Å². The lowest BCUT2D eigenvalue weighted by Crippen LogP contribution is -2.45. The van der Waals surface area contributed by atoms with Crippen molar-refractivity contribution in [1.29, 1.82) is 0 Å². The fourth-order valence-electron chi connectivity index (χ4n) is 5.56. The van der Waals surface area contributed by atoms with Crippen molar-refractivity contribution in [2.75, 3.05) is 13.1 Å². The molecule has 4 nitrogen and oxygen atoms in total. The van der Waals surface area contributed by atoms with Gasteiger partial charge in [-0.2, -0.15) is 4.31 Å². The van der Waals surface area contributed by atoms with Gasteiger partial charge in [-0.25, -0.2) is 8.42 Å². The van der Waals surface area contributed by atoms with Crippen molar-refractivity contribution in [2.24, 2.45) is 5.92 Å². The standard InChI is InChI=1S/C29H31NO3S2Si/c1-20-12-14-22(15-13-20)35(32,33)30-17-16-26(36(3,4)23-9-6-5-7-10-23)27-21(2)29(31)28(24(27)19-30)25-11-8-18-34-25/h5-15,18,21H,16-17,19H2,1-4H3/t21-/m0/s1. The summed E-state index contributed by atoms with van der Waals surface area (Å²) in [6.45, 7) is 9.22. The number of carbonyl (C=O) groups is 1. The van der Waals surface area contributed by atoms with Crippen LogP contribution in [-0.2, 0) is 14.8 Å². The molecule has 2 heterocycles. The summed E-state index contributed by atoms with van der Waals surface area (Å²) < 4.78 is 29.3. The molecule has 1 atom stereocenters. The van der Waals surface area contributed by atoms with Crippen LogP contribution in [0.15, 0.2) is 93.3 Å². The minimum atomic E-state index is -3.72. The number of thiophene rings is 1. The molecule has 5 rings (SSSR count). The monoisotopic (exact) mass is 533 g/mol. The number of benzene rings is 2. The Kier molecular flexibility index (Phi) is 6.53. The van der Waals surface area contributed by atoms with Crippen molar-refractivity contribution < 1.29 is 13.2 Å². The molecule has 0 radical (unpaired) electrons. The number of fused-ring (bicyclic) bond motifs is 1. The Hall–Kier alpha value is -2.58. The Balaban J connectivity index is 1.70. The number of hydrogen-bond donors (Lipinski definition) is 0. The lowest BCUT2D eigenvalue weighted by Gasteiger charge is -2.30. The molecule has 0 saturated heterocycles. The average molecular weight is 534 g/mol. The van der Waals surface area contributed by atoms with Crippen LogP contribution in [0.3, 0.4) is 0 Å². The van der Waals surface area contributed by atoms with Crippen LogP contribution in [-0.4, -0.2) is 39.7 Å². The number of aryl methyl sites for hydroxylation is 1. The molecule has 0 N–H and O–H groups in total. The van der Waals surface area contributed by atoms with Gasteiger partial charge in [0.1, 0.15) is 8.07 Å². The first-order valence-corrected chi connectivity index (χ1v) is 17.6. The van der Waals surface area contributed by atoms with Crippen molar-refractivity contribution in [2.45, 2.75) is 38.3 Å². The van der Waals surface area contributed by atoms with E-state index in [1.54, 1.807) is 27.8 Å². The number of ketones is 1. The van der Waals surface area contributed by atoms with Crippen molar-refractivity contribution in [3.8, 4) is 0 Å². The molecular weight excluding hydrogens is 503 g/mol. The summed E-state index contributed by atoms with van der Waals surface area (Å²) in [6, 6.07) is 21.5. The molecular formula is C29H31NO3S2Si. The van der Waals surface area contributed by atoms with E-state index in [1.807, 2.05) is 49.6 Å². The number of hydrogen-bond acceptors (Lipinski definition) is 4. The molecule has 0 unspecified atom stereocenters. The predicted molar refractivity (Wildman–Crippen MR) is 151 cm³/mol. The highest BCUT2D eigenvalue weighted by Crippen LogP contribution is 2.46. The highest BCUT2D eigenvalue weighted by Gasteiger charge is 2.44. The molecule has 1 aliphatic carbocycles. The zero-order chi connectivity index (χ0) is 25.7. The number of allylic oxidation sites excluding steroid dienone is 1. The summed E-state index contributed by atoms with van der Waals surface area (Å²) in [6.07, 6.45) is 0.632. The van der Waals surface area contributed by atoms with Crippen LogP contribution in [0.2, 0.25) is 13.1 Å². The van der Waals surface area contributed by atoms with Crippen LogP contribution in [0.25, 0.3) is 5.57 Å². The second-order valence-electron chi connectivity index (χ2n) is 10.2. The zero-order valence-corrected chi connectivity index (χ0v) is 23.7. The Morgan fingerprint density at radius 2 is 1.67 bits per heavy atom. The smallest absolute Gasteiger partial charge is 0.243 e. The SMILES string of the molecule is Cc1ccc(S(=O)(=O)N2CCC([Si](C)(C)c3ccccc3)=C3C(=C(c4cccs4)C(=O)[C@H]3C)C2)cc1. The molecule has 2 aliphatic rings. The molecule has 36 heavy (non-hydrogen) atoms. The zero-order valence-electron chi connectivity index (χ0n) is 21.1. The molecule has 186 valence electrons. The van der Waals surface area contributed by atoms with Gasteiger partial charge in [0.25, 0.3) is 0 Å². The Labute approximate surface area is 219 Å². The van der Waals surface area contributed by atoms with Gasteiger partial charge >= 0.3 is 0 Å². The Morgan fingerprint density at radius 1 is 0.972 bits per heavy atom. The molecule has 2 aromatic carbocycles. The molecule has 0 spiro atoms. The maximum absolute atomic E-state index is 13.8. The molecule has 0 bridgehead atoms. The van der Waals surface area contributed by atoms with Crippen LogP contribution >= 0.6 is 11.3 Å². The lowest BCUT2D eigenvalue weighted by atomic mass is 9.99. The van der Waals surface area contributed by atoms with Crippen LogP contribution in [0.4, 0.5) is 0 Å². The number of carbonyl (C=O) groups excluding carboxylic acids is 1. The summed E-state index contributed by atoms with van der Waals surface area (Å²) >= 11 is 1.54. The van der Waals surface area contributed by atoms with E-state index >= 15 is 0 Å². The van der Waals surface area contributed by atoms with Gasteiger partial charge in [-0.1, -0.05) is 84.5 Å². The van der Waals surface area contributed by atoms with Crippen LogP contribution in [0.5, 0.6) is 0 Å². The first kappa shape index (κ1) is 25.1. The molecule has 7 heteroatoms. The molecule has 0 saturated carbocycles. The van der Waals surface area contributed by atoms with Gasteiger partial charge in [-0.3, -0.25) is 4.79 Å². The summed E-state index contributed by atoms with van der Waals surface area (Å²) in [4.78, 5) is 14.9. The fraction of sp³-hybridized carbons (Fsp3) is 0.276. The summed E-state index contributed by atoms with van der Waals surface area (Å²) in [5.41, 5.74) is 3.71. The second-order valence-corrected chi connectivity index (χ2v) is 17.5. The van der Waals surface area contributed by atoms with Crippen molar-refractivity contribution >= 4 is 46.0 Å². The van der Waals surface area contributed by atoms with E-state index in [1.165, 1.54) is 10.4 Å². The van der Waals surface area contributed by atoms with E-state index in [9.17, 15) is 13.2 Å². The van der Waals surface area contributed by atoms with Gasteiger partial charge < -0.3 is 0 Å². The number of sulfonamides is 1. The molecule has 3 aromatic rings. The average Bonchev–Trinajstić information content (AvgIpc) is 3.40. The van der Waals surface area contributed by atoms with E-state index in [2.05, 4.69) is 37.4 Å². The van der Waals surface area contributed by atoms with Crippen LogP contribution < -0.4 is 5.19 Å². The third-order valence-electron chi connectivity index (χ3n) is 7.65. The number of Topliss-reactive ketones (excluding diaryl/α,β-unsaturated/α-hetero) is 1. The van der Waals surface area contributed by atoms with Gasteiger partial charge in [-0.05, 0) is 48.1 Å². The van der Waals surface area contributed by atoms with Crippen molar-refractivity contribution in [1.82, 2.24) is 4.31 Å². The Morgan fingerprint density at radius 3 is 2.31 bits per heavy atom. The first-order chi connectivity index (χ1) is 17.1. The van der Waals surface area contributed by atoms with E-state index in [0.717, 1.165) is 21.6 Å². The highest BCUT2D eigenvalue weighted by molar-refractivity contribution is 7.89. The van der Waals surface area contributed by atoms with Crippen LogP contribution in [0, 0.1) is 12.8 Å². The van der Waals surface area contributed by atoms with E-state index in [-0.39, 0.29) is 18.2 Å². The van der Waals surface area contributed by atoms with Gasteiger partial charge in [0, 0.05) is 29.5 Å². The molecule has 0 fully saturated rings. The highest BCUT2D eigenvalue weighted by atomic mass is 32.2. The second kappa shape index (κ2) is 9.38. The maximum Gasteiger partial charge on any atom is 0.243 e. The van der Waals surface area contributed by atoms with E-state index in [0.29, 0.717) is 23.4 Å². The number of nitrogens with zero attached hydrogens (tertiary/aromatic N) is 1. The summed E-state index contributed by atoms with van der Waals surface area (Å²) in [5.74, 6) is -0.169. The summed E-state index contributed by atoms with van der Waals surface area (Å²) in [7, 11) is -5.90. The number of rotatable bonds is 5. The van der Waals surface area contributed by atoms with Crippen molar-refractivity contribution in [3.05, 3.63) is 98.9 Å². The normalized spacial score (nSPS) is 19.6. The van der Waals surface area contributed by atoms with Gasteiger partial charge in [0.05, 0.1) is 4.90 Å². The molecule has 1 aromatic heterocycles. The quantitative estimate of drug-likeness (QED) is 0.403. The topological polar surface area (TPSA) is 54.5 Å². The minimum absolute atomic E-state index is 0.104. The first-order valence-electron chi connectivity index (χ1n) is 12.3. The van der Waals surface area contributed by atoms with Crippen LogP contribution in [0.1, 0.15) is 23.8 Å². The Bertz CT molecular complexity index is 1470. The van der Waals surface area contributed by atoms with Gasteiger partial charge in [0.15, 0.2) is 5.78 Å². The van der Waals surface area contributed by atoms with E-state index in [4.69, 9.17) is 0 Å². The third-order valence-corrected chi connectivity index (χ3v) is 14.2.